The molecule has 1 heterocycles. The first-order chi connectivity index (χ1) is 15.3. The number of anilines is 1. The van der Waals surface area contributed by atoms with Crippen LogP contribution in [0.2, 0.25) is 0 Å². The molecule has 1 amide bonds. The molecule has 2 aromatic rings. The van der Waals surface area contributed by atoms with E-state index in [-0.39, 0.29) is 23.3 Å². The third-order valence-corrected chi connectivity index (χ3v) is 8.14. The topological polar surface area (TPSA) is 75.7 Å². The van der Waals surface area contributed by atoms with E-state index in [0.717, 1.165) is 34.1 Å². The molecule has 2 aromatic carbocycles. The maximum Gasteiger partial charge on any atom is 0.243 e. The van der Waals surface area contributed by atoms with Gasteiger partial charge in [0, 0.05) is 23.2 Å². The van der Waals surface area contributed by atoms with Crippen molar-refractivity contribution in [2.75, 3.05) is 25.0 Å². The quantitative estimate of drug-likeness (QED) is 0.528. The van der Waals surface area contributed by atoms with Gasteiger partial charge < -0.3 is 10.1 Å². The fourth-order valence-electron chi connectivity index (χ4n) is 4.07. The first kappa shape index (κ1) is 24.7. The molecule has 0 saturated carbocycles. The van der Waals surface area contributed by atoms with Gasteiger partial charge in [0.25, 0.3) is 0 Å². The van der Waals surface area contributed by atoms with Crippen molar-refractivity contribution in [2.45, 2.75) is 51.3 Å². The highest BCUT2D eigenvalue weighted by Crippen LogP contribution is 2.30. The van der Waals surface area contributed by atoms with Crippen molar-refractivity contribution in [3.05, 3.63) is 52.0 Å². The van der Waals surface area contributed by atoms with Gasteiger partial charge in [-0.25, -0.2) is 8.42 Å². The van der Waals surface area contributed by atoms with Gasteiger partial charge in [0.15, 0.2) is 0 Å². The Balaban J connectivity index is 1.76. The summed E-state index contributed by atoms with van der Waals surface area (Å²) in [5.74, 6) is 0.123. The van der Waals surface area contributed by atoms with Crippen molar-refractivity contribution < 1.29 is 17.9 Å². The fourth-order valence-corrected chi connectivity index (χ4v) is 6.14. The summed E-state index contributed by atoms with van der Waals surface area (Å²) in [6, 6.07) is 10.5. The van der Waals surface area contributed by atoms with Crippen molar-refractivity contribution in [1.82, 2.24) is 4.31 Å². The molecule has 0 spiro atoms. The minimum absolute atomic E-state index is 0.122. The molecule has 174 valence electrons. The zero-order valence-electron chi connectivity index (χ0n) is 18.9. The number of sulfonamides is 1. The molecule has 6 nitrogen and oxygen atoms in total. The lowest BCUT2D eigenvalue weighted by Crippen LogP contribution is -2.43. The Bertz CT molecular complexity index is 1030. The molecule has 32 heavy (non-hydrogen) atoms. The molecule has 1 N–H and O–H groups in total. The number of hydrogen-bond donors (Lipinski definition) is 1. The molecule has 8 heteroatoms. The molecular formula is C24H31BrN2O4S. The van der Waals surface area contributed by atoms with E-state index in [2.05, 4.69) is 35.1 Å². The summed E-state index contributed by atoms with van der Waals surface area (Å²) in [4.78, 5) is 13.4. The van der Waals surface area contributed by atoms with E-state index in [4.69, 9.17) is 4.74 Å². The van der Waals surface area contributed by atoms with Crippen LogP contribution in [0.5, 0.6) is 5.75 Å². The van der Waals surface area contributed by atoms with Gasteiger partial charge in [-0.05, 0) is 80.1 Å². The fraction of sp³-hybridized carbons (Fsp3) is 0.458. The van der Waals surface area contributed by atoms with Gasteiger partial charge in [-0.2, -0.15) is 4.31 Å². The Morgan fingerprint density at radius 2 is 1.75 bits per heavy atom. The highest BCUT2D eigenvalue weighted by Gasteiger charge is 2.33. The van der Waals surface area contributed by atoms with Crippen LogP contribution in [-0.2, 0) is 27.7 Å². The van der Waals surface area contributed by atoms with Crippen molar-refractivity contribution >= 4 is 37.5 Å². The van der Waals surface area contributed by atoms with E-state index in [0.29, 0.717) is 31.7 Å². The van der Waals surface area contributed by atoms with Crippen LogP contribution in [-0.4, -0.2) is 38.3 Å². The van der Waals surface area contributed by atoms with Crippen molar-refractivity contribution in [3.63, 3.8) is 0 Å². The lowest BCUT2D eigenvalue weighted by Gasteiger charge is -2.31. The van der Waals surface area contributed by atoms with E-state index >= 15 is 0 Å². The Morgan fingerprint density at radius 3 is 2.31 bits per heavy atom. The number of benzene rings is 2. The Kier molecular flexibility index (Phi) is 8.36. The first-order valence-corrected chi connectivity index (χ1v) is 13.4. The average Bonchev–Trinajstić information content (AvgIpc) is 2.80. The van der Waals surface area contributed by atoms with Crippen LogP contribution in [0.25, 0.3) is 0 Å². The van der Waals surface area contributed by atoms with E-state index < -0.39 is 10.0 Å². The SMILES string of the molecule is CCOc1ccc(S(=O)(=O)N2CCCC(C(=O)Nc3c(CC)cc(Br)cc3CC)C2)cc1. The normalized spacial score (nSPS) is 17.2. The van der Waals surface area contributed by atoms with E-state index in [1.54, 1.807) is 24.3 Å². The predicted molar refractivity (Wildman–Crippen MR) is 131 cm³/mol. The van der Waals surface area contributed by atoms with Crippen molar-refractivity contribution in [3.8, 4) is 5.75 Å². The Morgan fingerprint density at radius 1 is 1.12 bits per heavy atom. The number of halogens is 1. The molecule has 0 bridgehead atoms. The maximum absolute atomic E-state index is 13.2. The number of amides is 1. The molecular weight excluding hydrogens is 492 g/mol. The van der Waals surface area contributed by atoms with Crippen LogP contribution in [0, 0.1) is 5.92 Å². The number of aryl methyl sites for hydroxylation is 2. The minimum atomic E-state index is -3.67. The monoisotopic (exact) mass is 522 g/mol. The van der Waals surface area contributed by atoms with Gasteiger partial charge in [0.05, 0.1) is 17.4 Å². The number of nitrogens with one attached hydrogen (secondary N) is 1. The second-order valence-electron chi connectivity index (χ2n) is 7.90. The minimum Gasteiger partial charge on any atom is -0.494 e. The van der Waals surface area contributed by atoms with Gasteiger partial charge in [-0.1, -0.05) is 29.8 Å². The molecule has 1 atom stereocenters. The molecule has 1 saturated heterocycles. The highest BCUT2D eigenvalue weighted by molar-refractivity contribution is 9.10. The first-order valence-electron chi connectivity index (χ1n) is 11.1. The smallest absolute Gasteiger partial charge is 0.243 e. The summed E-state index contributed by atoms with van der Waals surface area (Å²) < 4.78 is 34.2. The van der Waals surface area contributed by atoms with Gasteiger partial charge in [-0.3, -0.25) is 4.79 Å². The van der Waals surface area contributed by atoms with Crippen molar-refractivity contribution in [2.24, 2.45) is 5.92 Å². The number of carbonyl (C=O) groups is 1. The molecule has 0 aromatic heterocycles. The zero-order chi connectivity index (χ0) is 23.3. The van der Waals surface area contributed by atoms with Gasteiger partial charge in [0.1, 0.15) is 5.75 Å². The third kappa shape index (κ3) is 5.53. The van der Waals surface area contributed by atoms with Gasteiger partial charge >= 0.3 is 0 Å². The Labute approximate surface area is 199 Å². The highest BCUT2D eigenvalue weighted by atomic mass is 79.9. The summed E-state index contributed by atoms with van der Waals surface area (Å²) in [5.41, 5.74) is 2.99. The van der Waals surface area contributed by atoms with E-state index in [1.807, 2.05) is 19.1 Å². The standard InChI is InChI=1S/C24H31BrN2O4S/c1-4-17-14-20(25)15-18(5-2)23(17)26-24(28)19-8-7-13-27(16-19)32(29,30)22-11-9-21(10-12-22)31-6-3/h9-12,14-15,19H,4-8,13,16H2,1-3H3,(H,26,28). The van der Waals surface area contributed by atoms with Crippen LogP contribution >= 0.6 is 15.9 Å². The van der Waals surface area contributed by atoms with E-state index in [1.165, 1.54) is 4.31 Å². The third-order valence-electron chi connectivity index (χ3n) is 5.80. The molecule has 0 aliphatic carbocycles. The number of carbonyl (C=O) groups excluding carboxylic acids is 1. The summed E-state index contributed by atoms with van der Waals surface area (Å²) in [6.45, 7) is 7.11. The second kappa shape index (κ2) is 10.8. The number of ether oxygens (including phenoxy) is 1. The maximum atomic E-state index is 13.2. The number of hydrogen-bond acceptors (Lipinski definition) is 4. The number of nitrogens with zero attached hydrogens (tertiary/aromatic N) is 1. The average molecular weight is 523 g/mol. The largest absolute Gasteiger partial charge is 0.494 e. The summed E-state index contributed by atoms with van der Waals surface area (Å²) in [6.07, 6.45) is 2.91. The molecule has 1 aliphatic rings. The lowest BCUT2D eigenvalue weighted by molar-refractivity contribution is -0.120. The molecule has 1 fully saturated rings. The van der Waals surface area contributed by atoms with Crippen LogP contribution in [0.15, 0.2) is 45.8 Å². The Hall–Kier alpha value is -1.90. The van der Waals surface area contributed by atoms with Gasteiger partial charge in [-0.15, -0.1) is 0 Å². The molecule has 3 rings (SSSR count). The number of rotatable bonds is 8. The van der Waals surface area contributed by atoms with Gasteiger partial charge in [0.2, 0.25) is 15.9 Å². The summed E-state index contributed by atoms with van der Waals surface area (Å²) in [7, 11) is -3.67. The summed E-state index contributed by atoms with van der Waals surface area (Å²) in [5, 5.41) is 3.11. The zero-order valence-corrected chi connectivity index (χ0v) is 21.3. The molecule has 0 radical (unpaired) electrons. The number of piperidine rings is 1. The molecule has 1 aliphatic heterocycles. The van der Waals surface area contributed by atoms with Crippen LogP contribution in [0.4, 0.5) is 5.69 Å². The predicted octanol–water partition coefficient (Wildman–Crippen LogP) is 5.01. The van der Waals surface area contributed by atoms with Crippen LogP contribution in [0.1, 0.15) is 44.7 Å². The van der Waals surface area contributed by atoms with Crippen LogP contribution < -0.4 is 10.1 Å². The lowest BCUT2D eigenvalue weighted by atomic mass is 9.97. The van der Waals surface area contributed by atoms with Crippen molar-refractivity contribution in [1.29, 1.82) is 0 Å². The molecule has 1 unspecified atom stereocenters. The second-order valence-corrected chi connectivity index (χ2v) is 10.8. The van der Waals surface area contributed by atoms with Crippen LogP contribution in [0.3, 0.4) is 0 Å². The summed E-state index contributed by atoms with van der Waals surface area (Å²) >= 11 is 3.54. The van der Waals surface area contributed by atoms with E-state index in [9.17, 15) is 13.2 Å².